The van der Waals surface area contributed by atoms with Crippen molar-refractivity contribution in [2.24, 2.45) is 5.41 Å². The van der Waals surface area contributed by atoms with Crippen LogP contribution in [0.1, 0.15) is 37.6 Å². The van der Waals surface area contributed by atoms with E-state index in [4.69, 9.17) is 5.26 Å². The van der Waals surface area contributed by atoms with Crippen LogP contribution in [0.25, 0.3) is 0 Å². The van der Waals surface area contributed by atoms with E-state index in [-0.39, 0.29) is 11.5 Å². The molecule has 1 atom stereocenters. The summed E-state index contributed by atoms with van der Waals surface area (Å²) in [6.07, 6.45) is 4.26. The lowest BCUT2D eigenvalue weighted by molar-refractivity contribution is 0.196. The van der Waals surface area contributed by atoms with E-state index in [0.717, 1.165) is 31.9 Å². The predicted molar refractivity (Wildman–Crippen MR) is 99.0 cm³/mol. The molecular formula is C20H25N5. The number of benzene rings is 1. The highest BCUT2D eigenvalue weighted by molar-refractivity contribution is 5.35. The van der Waals surface area contributed by atoms with Crippen LogP contribution in [0.15, 0.2) is 36.7 Å². The predicted octanol–water partition coefficient (Wildman–Crippen LogP) is 3.23. The second-order valence-corrected chi connectivity index (χ2v) is 7.72. The molecule has 0 spiro atoms. The molecule has 5 heteroatoms. The Kier molecular flexibility index (Phi) is 5.00. The average Bonchev–Trinajstić information content (AvgIpc) is 2.61. The lowest BCUT2D eigenvalue weighted by Crippen LogP contribution is -2.46. The van der Waals surface area contributed by atoms with Gasteiger partial charge in [-0.3, -0.25) is 4.90 Å². The van der Waals surface area contributed by atoms with Crippen LogP contribution < -0.4 is 5.32 Å². The topological polar surface area (TPSA) is 64.8 Å². The standard InChI is InChI=1S/C20H25N5/c1-20(2,3)18(24-19-12-22-17(10-21)11-23-19)14-25-9-8-15-6-4-5-7-16(15)13-25/h4-7,11-12,18H,8-9,13-14H2,1-3H3,(H,23,24). The number of aromatic nitrogens is 2. The van der Waals surface area contributed by atoms with Crippen LogP contribution >= 0.6 is 0 Å². The van der Waals surface area contributed by atoms with Crippen LogP contribution in [0.2, 0.25) is 0 Å². The van der Waals surface area contributed by atoms with E-state index < -0.39 is 0 Å². The summed E-state index contributed by atoms with van der Waals surface area (Å²) in [7, 11) is 0. The first-order valence-corrected chi connectivity index (χ1v) is 8.73. The van der Waals surface area contributed by atoms with Gasteiger partial charge in [-0.05, 0) is 23.0 Å². The lowest BCUT2D eigenvalue weighted by atomic mass is 9.85. The first-order valence-electron chi connectivity index (χ1n) is 8.73. The third-order valence-corrected chi connectivity index (χ3v) is 4.78. The first kappa shape index (κ1) is 17.4. The molecule has 25 heavy (non-hydrogen) atoms. The summed E-state index contributed by atoms with van der Waals surface area (Å²) in [6.45, 7) is 9.71. The third-order valence-electron chi connectivity index (χ3n) is 4.78. The van der Waals surface area contributed by atoms with E-state index in [0.29, 0.717) is 5.69 Å². The van der Waals surface area contributed by atoms with Gasteiger partial charge in [-0.2, -0.15) is 5.26 Å². The van der Waals surface area contributed by atoms with E-state index in [1.54, 1.807) is 6.20 Å². The van der Waals surface area contributed by atoms with Gasteiger partial charge in [0.1, 0.15) is 11.9 Å². The van der Waals surface area contributed by atoms with Crippen molar-refractivity contribution >= 4 is 5.82 Å². The molecule has 0 aliphatic carbocycles. The SMILES string of the molecule is CC(C)(C)C(CN1CCc2ccccc2C1)Nc1cnc(C#N)cn1. The number of nitriles is 1. The molecule has 3 rings (SSSR count). The smallest absolute Gasteiger partial charge is 0.158 e. The molecule has 0 saturated heterocycles. The molecule has 1 aliphatic heterocycles. The summed E-state index contributed by atoms with van der Waals surface area (Å²) in [5.41, 5.74) is 3.31. The quantitative estimate of drug-likeness (QED) is 0.929. The molecule has 0 saturated carbocycles. The fourth-order valence-corrected chi connectivity index (χ4v) is 3.14. The van der Waals surface area contributed by atoms with Gasteiger partial charge in [0.2, 0.25) is 0 Å². The Balaban J connectivity index is 1.70. The first-order chi connectivity index (χ1) is 12.0. The summed E-state index contributed by atoms with van der Waals surface area (Å²) in [4.78, 5) is 10.9. The number of nitrogens with one attached hydrogen (secondary N) is 1. The molecule has 0 bridgehead atoms. The minimum absolute atomic E-state index is 0.0759. The summed E-state index contributed by atoms with van der Waals surface area (Å²) in [5, 5.41) is 12.4. The Bertz CT molecular complexity index is 755. The summed E-state index contributed by atoms with van der Waals surface area (Å²) in [5.74, 6) is 0.719. The maximum Gasteiger partial charge on any atom is 0.158 e. The van der Waals surface area contributed by atoms with Gasteiger partial charge >= 0.3 is 0 Å². The van der Waals surface area contributed by atoms with Gasteiger partial charge in [0, 0.05) is 25.7 Å². The van der Waals surface area contributed by atoms with Gasteiger partial charge in [-0.25, -0.2) is 9.97 Å². The van der Waals surface area contributed by atoms with Crippen molar-refractivity contribution in [2.75, 3.05) is 18.4 Å². The van der Waals surface area contributed by atoms with Crippen molar-refractivity contribution in [3.05, 3.63) is 53.5 Å². The normalized spacial score (nSPS) is 15.9. The molecule has 1 unspecified atom stereocenters. The molecule has 1 N–H and O–H groups in total. The van der Waals surface area contributed by atoms with Crippen LogP contribution in [0.4, 0.5) is 5.82 Å². The maximum atomic E-state index is 8.86. The second kappa shape index (κ2) is 7.20. The minimum atomic E-state index is 0.0759. The van der Waals surface area contributed by atoms with Gasteiger partial charge in [-0.1, -0.05) is 45.0 Å². The average molecular weight is 335 g/mol. The molecule has 1 aliphatic rings. The van der Waals surface area contributed by atoms with Crippen molar-refractivity contribution in [1.82, 2.24) is 14.9 Å². The van der Waals surface area contributed by atoms with Crippen LogP contribution in [0, 0.1) is 16.7 Å². The highest BCUT2D eigenvalue weighted by Gasteiger charge is 2.28. The van der Waals surface area contributed by atoms with Crippen molar-refractivity contribution in [2.45, 2.75) is 39.8 Å². The highest BCUT2D eigenvalue weighted by Crippen LogP contribution is 2.26. The van der Waals surface area contributed by atoms with E-state index in [2.05, 4.69) is 65.2 Å². The Morgan fingerprint density at radius 2 is 1.96 bits per heavy atom. The fourth-order valence-electron chi connectivity index (χ4n) is 3.14. The molecule has 5 nitrogen and oxygen atoms in total. The molecule has 0 amide bonds. The van der Waals surface area contributed by atoms with Gasteiger partial charge in [0.25, 0.3) is 0 Å². The number of fused-ring (bicyclic) bond motifs is 1. The Morgan fingerprint density at radius 3 is 2.60 bits per heavy atom. The largest absolute Gasteiger partial charge is 0.364 e. The van der Waals surface area contributed by atoms with Crippen molar-refractivity contribution in [1.29, 1.82) is 5.26 Å². The van der Waals surface area contributed by atoms with Gasteiger partial charge < -0.3 is 5.32 Å². The summed E-state index contributed by atoms with van der Waals surface area (Å²) in [6, 6.07) is 10.9. The van der Waals surface area contributed by atoms with E-state index in [1.165, 1.54) is 17.3 Å². The molecule has 2 heterocycles. The molecule has 1 aromatic heterocycles. The van der Waals surface area contributed by atoms with Gasteiger partial charge in [0.05, 0.1) is 12.4 Å². The zero-order valence-corrected chi connectivity index (χ0v) is 15.2. The molecule has 1 aromatic carbocycles. The van der Waals surface area contributed by atoms with Crippen LogP contribution in [0.5, 0.6) is 0 Å². The monoisotopic (exact) mass is 335 g/mol. The number of hydrogen-bond donors (Lipinski definition) is 1. The fraction of sp³-hybridized carbons (Fsp3) is 0.450. The van der Waals surface area contributed by atoms with Gasteiger partial charge in [0.15, 0.2) is 5.69 Å². The number of nitrogens with zero attached hydrogens (tertiary/aromatic N) is 4. The van der Waals surface area contributed by atoms with Crippen molar-refractivity contribution in [3.8, 4) is 6.07 Å². The van der Waals surface area contributed by atoms with Crippen LogP contribution in [0.3, 0.4) is 0 Å². The summed E-state index contributed by atoms with van der Waals surface area (Å²) >= 11 is 0. The molecule has 2 aromatic rings. The molecule has 130 valence electrons. The van der Waals surface area contributed by atoms with Crippen LogP contribution in [-0.4, -0.2) is 34.0 Å². The number of rotatable bonds is 4. The second-order valence-electron chi connectivity index (χ2n) is 7.72. The summed E-state index contributed by atoms with van der Waals surface area (Å²) < 4.78 is 0. The van der Waals surface area contributed by atoms with Crippen LogP contribution in [-0.2, 0) is 13.0 Å². The molecule has 0 fully saturated rings. The van der Waals surface area contributed by atoms with Crippen molar-refractivity contribution in [3.63, 3.8) is 0 Å². The van der Waals surface area contributed by atoms with Gasteiger partial charge in [-0.15, -0.1) is 0 Å². The molecular weight excluding hydrogens is 310 g/mol. The number of hydrogen-bond acceptors (Lipinski definition) is 5. The zero-order chi connectivity index (χ0) is 17.9. The van der Waals surface area contributed by atoms with Crippen molar-refractivity contribution < 1.29 is 0 Å². The van der Waals surface area contributed by atoms with E-state index in [1.807, 2.05) is 6.07 Å². The Morgan fingerprint density at radius 1 is 1.20 bits per heavy atom. The Labute approximate surface area is 149 Å². The minimum Gasteiger partial charge on any atom is -0.364 e. The van der Waals surface area contributed by atoms with E-state index in [9.17, 15) is 0 Å². The third kappa shape index (κ3) is 4.34. The lowest BCUT2D eigenvalue weighted by Gasteiger charge is -2.38. The van der Waals surface area contributed by atoms with E-state index >= 15 is 0 Å². The number of anilines is 1. The Hall–Kier alpha value is -2.45. The zero-order valence-electron chi connectivity index (χ0n) is 15.2. The highest BCUT2D eigenvalue weighted by atomic mass is 15.2. The maximum absolute atomic E-state index is 8.86. The molecule has 0 radical (unpaired) electrons.